The van der Waals surface area contributed by atoms with E-state index in [1.807, 2.05) is 0 Å². The van der Waals surface area contributed by atoms with Crippen LogP contribution in [0.3, 0.4) is 0 Å². The number of aromatic nitrogens is 2. The van der Waals surface area contributed by atoms with Crippen LogP contribution in [-0.4, -0.2) is 9.13 Å². The fraction of sp³-hybridized carbons (Fsp3) is 0. The van der Waals surface area contributed by atoms with Crippen LogP contribution in [0.2, 0.25) is 0 Å². The maximum atomic E-state index is 2.41. The second-order valence-electron chi connectivity index (χ2n) is 18.5. The average Bonchev–Trinajstić information content (AvgIpc) is 3.96. The van der Waals surface area contributed by atoms with Crippen molar-refractivity contribution in [3.63, 3.8) is 0 Å². The second-order valence-corrected chi connectivity index (χ2v) is 18.5. The van der Waals surface area contributed by atoms with Gasteiger partial charge in [-0.25, -0.2) is 0 Å². The van der Waals surface area contributed by atoms with E-state index in [9.17, 15) is 0 Å². The van der Waals surface area contributed by atoms with Crippen LogP contribution in [0.1, 0.15) is 0 Å². The van der Waals surface area contributed by atoms with Crippen molar-refractivity contribution in [1.29, 1.82) is 0 Å². The summed E-state index contributed by atoms with van der Waals surface area (Å²) in [5, 5.41) is 9.72. The summed E-state index contributed by atoms with van der Waals surface area (Å²) in [6, 6.07) is 101. The zero-order chi connectivity index (χ0) is 47.5. The van der Waals surface area contributed by atoms with Crippen molar-refractivity contribution < 1.29 is 0 Å². The molecule has 72 heavy (non-hydrogen) atoms. The molecule has 0 N–H and O–H groups in total. The largest absolute Gasteiger partial charge is 0.310 e. The highest BCUT2D eigenvalue weighted by Crippen LogP contribution is 2.45. The van der Waals surface area contributed by atoms with Crippen LogP contribution in [0.5, 0.6) is 0 Å². The second kappa shape index (κ2) is 17.1. The van der Waals surface area contributed by atoms with Gasteiger partial charge in [0.15, 0.2) is 0 Å². The van der Waals surface area contributed by atoms with Gasteiger partial charge < -0.3 is 18.9 Å². The van der Waals surface area contributed by atoms with E-state index in [2.05, 4.69) is 298 Å². The lowest BCUT2D eigenvalue weighted by molar-refractivity contribution is 1.18. The van der Waals surface area contributed by atoms with Crippen LogP contribution in [0.15, 0.2) is 279 Å². The molecular weight excluding hydrogens is 873 g/mol. The predicted molar refractivity (Wildman–Crippen MR) is 305 cm³/mol. The molecule has 14 rings (SSSR count). The summed E-state index contributed by atoms with van der Waals surface area (Å²) in [6.45, 7) is 0. The summed E-state index contributed by atoms with van der Waals surface area (Å²) in [6.07, 6.45) is 0. The molecule has 0 bridgehead atoms. The summed E-state index contributed by atoms with van der Waals surface area (Å²) in [5.74, 6) is 0. The lowest BCUT2D eigenvalue weighted by atomic mass is 10.0. The van der Waals surface area contributed by atoms with Crippen LogP contribution >= 0.6 is 0 Å². The van der Waals surface area contributed by atoms with Crippen molar-refractivity contribution in [2.75, 3.05) is 9.80 Å². The van der Waals surface area contributed by atoms with E-state index < -0.39 is 0 Å². The summed E-state index contributed by atoms with van der Waals surface area (Å²) >= 11 is 0. The molecule has 0 aliphatic heterocycles. The number of nitrogens with zero attached hydrogens (tertiary/aromatic N) is 4. The molecule has 0 unspecified atom stereocenters. The van der Waals surface area contributed by atoms with Crippen LogP contribution in [-0.2, 0) is 0 Å². The molecule has 0 fully saturated rings. The number of anilines is 6. The highest BCUT2D eigenvalue weighted by atomic mass is 15.2. The van der Waals surface area contributed by atoms with Gasteiger partial charge in [0, 0.05) is 66.4 Å². The lowest BCUT2D eigenvalue weighted by Gasteiger charge is -2.28. The number of fused-ring (bicyclic) bond motifs is 8. The summed E-state index contributed by atoms with van der Waals surface area (Å²) in [7, 11) is 0. The highest BCUT2D eigenvalue weighted by molar-refractivity contribution is 6.12. The molecule has 0 saturated heterocycles. The Morgan fingerprint density at radius 3 is 0.986 bits per heavy atom. The number of rotatable bonds is 9. The molecule has 0 spiro atoms. The Hall–Kier alpha value is -9.64. The van der Waals surface area contributed by atoms with Gasteiger partial charge in [-0.1, -0.05) is 182 Å². The van der Waals surface area contributed by atoms with Crippen molar-refractivity contribution >= 4 is 99.3 Å². The van der Waals surface area contributed by atoms with Crippen LogP contribution in [0, 0.1) is 0 Å². The van der Waals surface area contributed by atoms with E-state index in [-0.39, 0.29) is 0 Å². The van der Waals surface area contributed by atoms with Crippen LogP contribution in [0.4, 0.5) is 34.1 Å². The maximum absolute atomic E-state index is 2.41. The average molecular weight is 919 g/mol. The van der Waals surface area contributed by atoms with Crippen LogP contribution < -0.4 is 9.80 Å². The van der Waals surface area contributed by atoms with E-state index in [4.69, 9.17) is 0 Å². The van der Waals surface area contributed by atoms with Gasteiger partial charge in [0.25, 0.3) is 0 Å². The molecule has 14 aromatic rings. The Morgan fingerprint density at radius 1 is 0.222 bits per heavy atom. The topological polar surface area (TPSA) is 16.3 Å². The quantitative estimate of drug-likeness (QED) is 0.143. The molecular formula is C68H46N4. The fourth-order valence-electron chi connectivity index (χ4n) is 11.2. The third kappa shape index (κ3) is 6.84. The number of benzene rings is 12. The molecule has 12 aromatic carbocycles. The van der Waals surface area contributed by atoms with Gasteiger partial charge in [0.1, 0.15) is 0 Å². The van der Waals surface area contributed by atoms with Gasteiger partial charge in [-0.3, -0.25) is 0 Å². The number of hydrogen-bond donors (Lipinski definition) is 0. The third-order valence-corrected chi connectivity index (χ3v) is 14.5. The van der Waals surface area contributed by atoms with Crippen molar-refractivity contribution in [2.45, 2.75) is 0 Å². The molecule has 338 valence electrons. The zero-order valence-corrected chi connectivity index (χ0v) is 39.3. The molecule has 0 aliphatic rings. The minimum Gasteiger partial charge on any atom is -0.310 e. The molecule has 0 radical (unpaired) electrons. The standard InChI is InChI=1S/C68H46N4/c1-3-21-51(22-4-1)71-65-29-13-11-27-59(65)61-43-41-55(45-67(61)71)69(63-31-15-19-49-17-7-9-25-57(49)63)53-37-33-47(34-38-53)48-35-39-54(40-36-48)70(64-32-16-20-50-18-8-10-26-58(50)64)56-42-44-62-60-28-12-14-30-66(60)72(68(62)46-56)52-23-5-2-6-24-52/h1-46H. The van der Waals surface area contributed by atoms with Crippen molar-refractivity contribution in [3.05, 3.63) is 279 Å². The van der Waals surface area contributed by atoms with Gasteiger partial charge in [-0.05, 0) is 119 Å². The van der Waals surface area contributed by atoms with Gasteiger partial charge in [-0.2, -0.15) is 0 Å². The van der Waals surface area contributed by atoms with E-state index in [1.165, 1.54) is 54.1 Å². The molecule has 0 amide bonds. The zero-order valence-electron chi connectivity index (χ0n) is 39.3. The SMILES string of the molecule is c1ccc(-n2c3ccccc3c3ccc(N(c4ccc(-c5ccc(N(c6ccc7c8ccccc8n(-c8ccccc8)c7c6)c6cccc7ccccc67)cc5)cc4)c4cccc5ccccc45)cc32)cc1. The normalized spacial score (nSPS) is 11.6. The molecule has 2 aromatic heterocycles. The van der Waals surface area contributed by atoms with Gasteiger partial charge in [-0.15, -0.1) is 0 Å². The number of hydrogen-bond acceptors (Lipinski definition) is 2. The van der Waals surface area contributed by atoms with Gasteiger partial charge in [0.05, 0.1) is 33.4 Å². The first-order chi connectivity index (χ1) is 35.7. The molecule has 0 aliphatic carbocycles. The first-order valence-electron chi connectivity index (χ1n) is 24.7. The maximum Gasteiger partial charge on any atom is 0.0561 e. The van der Waals surface area contributed by atoms with Crippen LogP contribution in [0.25, 0.3) is 87.7 Å². The Bertz CT molecular complexity index is 4030. The Labute approximate surface area is 417 Å². The summed E-state index contributed by atoms with van der Waals surface area (Å²) < 4.78 is 4.79. The third-order valence-electron chi connectivity index (χ3n) is 14.5. The lowest BCUT2D eigenvalue weighted by Crippen LogP contribution is -2.11. The van der Waals surface area contributed by atoms with E-state index >= 15 is 0 Å². The monoisotopic (exact) mass is 918 g/mol. The number of para-hydroxylation sites is 4. The van der Waals surface area contributed by atoms with E-state index in [1.54, 1.807) is 0 Å². The minimum absolute atomic E-state index is 1.08. The predicted octanol–water partition coefficient (Wildman–Crippen LogP) is 18.8. The van der Waals surface area contributed by atoms with Gasteiger partial charge in [0.2, 0.25) is 0 Å². The smallest absolute Gasteiger partial charge is 0.0561 e. The van der Waals surface area contributed by atoms with Crippen molar-refractivity contribution in [3.8, 4) is 22.5 Å². The Morgan fingerprint density at radius 2 is 0.556 bits per heavy atom. The van der Waals surface area contributed by atoms with Crippen molar-refractivity contribution in [2.24, 2.45) is 0 Å². The Kier molecular flexibility index (Phi) is 9.82. The van der Waals surface area contributed by atoms with Gasteiger partial charge >= 0.3 is 0 Å². The molecule has 0 saturated carbocycles. The van der Waals surface area contributed by atoms with Crippen molar-refractivity contribution in [1.82, 2.24) is 9.13 Å². The molecule has 2 heterocycles. The summed E-state index contributed by atoms with van der Waals surface area (Å²) in [5.41, 5.74) is 15.9. The molecule has 0 atom stereocenters. The molecule has 4 nitrogen and oxygen atoms in total. The first kappa shape index (κ1) is 41.3. The summed E-state index contributed by atoms with van der Waals surface area (Å²) in [4.78, 5) is 4.83. The van der Waals surface area contributed by atoms with E-state index in [0.717, 1.165) is 67.7 Å². The van der Waals surface area contributed by atoms with E-state index in [0.29, 0.717) is 0 Å². The minimum atomic E-state index is 1.08. The molecule has 4 heteroatoms. The highest BCUT2D eigenvalue weighted by Gasteiger charge is 2.22. The fourth-order valence-corrected chi connectivity index (χ4v) is 11.2. The first-order valence-corrected chi connectivity index (χ1v) is 24.7. The Balaban J connectivity index is 0.880.